The zero-order valence-corrected chi connectivity index (χ0v) is 16.3. The number of nitrogens with zero attached hydrogens (tertiary/aromatic N) is 1. The van der Waals surface area contributed by atoms with Crippen LogP contribution in [-0.4, -0.2) is 35.4 Å². The van der Waals surface area contributed by atoms with E-state index < -0.39 is 35.4 Å². The lowest BCUT2D eigenvalue weighted by Crippen LogP contribution is -2.45. The monoisotopic (exact) mass is 423 g/mol. The number of carbonyl (C=O) groups excluding carboxylic acids is 3. The number of amides is 2. The van der Waals surface area contributed by atoms with Crippen molar-refractivity contribution in [2.45, 2.75) is 19.9 Å². The minimum atomic E-state index is -1.03. The van der Waals surface area contributed by atoms with Crippen LogP contribution in [-0.2, 0) is 14.3 Å². The third-order valence-electron chi connectivity index (χ3n) is 3.73. The Morgan fingerprint density at radius 1 is 1.28 bits per heavy atom. The van der Waals surface area contributed by atoms with Gasteiger partial charge in [-0.1, -0.05) is 25.4 Å². The second kappa shape index (κ2) is 9.69. The van der Waals surface area contributed by atoms with Crippen LogP contribution in [0.15, 0.2) is 41.0 Å². The first-order valence-electron chi connectivity index (χ1n) is 8.44. The SMILES string of the molecule is CC(C)[C@H](NC(=O)c1ccco1)C(=O)OCC(=O)Nc1cc(Cl)ccc1[N+](=O)[O-]. The van der Waals surface area contributed by atoms with Crippen molar-refractivity contribution in [3.63, 3.8) is 0 Å². The molecule has 0 fully saturated rings. The van der Waals surface area contributed by atoms with Crippen molar-refractivity contribution in [3.05, 3.63) is 57.5 Å². The molecule has 0 aliphatic rings. The predicted octanol–water partition coefficient (Wildman–Crippen LogP) is 2.78. The zero-order chi connectivity index (χ0) is 21.6. The average Bonchev–Trinajstić information content (AvgIpc) is 3.18. The number of hydrogen-bond acceptors (Lipinski definition) is 7. The summed E-state index contributed by atoms with van der Waals surface area (Å²) in [6.07, 6.45) is 1.32. The molecule has 2 amide bonds. The maximum atomic E-state index is 12.3. The number of furan rings is 1. The van der Waals surface area contributed by atoms with E-state index in [4.69, 9.17) is 20.8 Å². The van der Waals surface area contributed by atoms with Crippen LogP contribution in [0, 0.1) is 16.0 Å². The maximum absolute atomic E-state index is 12.3. The van der Waals surface area contributed by atoms with Crippen LogP contribution in [0.2, 0.25) is 5.02 Å². The minimum absolute atomic E-state index is 0.0226. The fraction of sp³-hybridized carbons (Fsp3) is 0.278. The summed E-state index contributed by atoms with van der Waals surface area (Å²) < 4.78 is 9.92. The summed E-state index contributed by atoms with van der Waals surface area (Å²) in [6, 6.07) is 5.59. The molecule has 154 valence electrons. The van der Waals surface area contributed by atoms with Crippen LogP contribution in [0.4, 0.5) is 11.4 Å². The van der Waals surface area contributed by atoms with Gasteiger partial charge < -0.3 is 19.8 Å². The number of nitro groups is 1. The molecule has 0 spiro atoms. The van der Waals surface area contributed by atoms with Crippen molar-refractivity contribution in [1.82, 2.24) is 5.32 Å². The second-order valence-corrected chi connectivity index (χ2v) is 6.68. The molecule has 0 aliphatic carbocycles. The first kappa shape index (κ1) is 21.9. The van der Waals surface area contributed by atoms with Crippen molar-refractivity contribution >= 4 is 40.8 Å². The van der Waals surface area contributed by atoms with Crippen LogP contribution in [0.25, 0.3) is 0 Å². The van der Waals surface area contributed by atoms with E-state index in [0.717, 1.165) is 6.07 Å². The lowest BCUT2D eigenvalue weighted by atomic mass is 10.0. The molecule has 10 nitrogen and oxygen atoms in total. The first-order valence-corrected chi connectivity index (χ1v) is 8.81. The van der Waals surface area contributed by atoms with Gasteiger partial charge in [-0.15, -0.1) is 0 Å². The standard InChI is InChI=1S/C18H18ClN3O7/c1-10(2)16(21-17(24)14-4-3-7-28-14)18(25)29-9-15(23)20-12-8-11(19)5-6-13(12)22(26)27/h3-8,10,16H,9H2,1-2H3,(H,20,23)(H,21,24)/t16-/m0/s1. The fourth-order valence-electron chi connectivity index (χ4n) is 2.30. The molecule has 2 aromatic rings. The highest BCUT2D eigenvalue weighted by Gasteiger charge is 2.28. The Balaban J connectivity index is 1.97. The lowest BCUT2D eigenvalue weighted by Gasteiger charge is -2.20. The third kappa shape index (κ3) is 6.04. The number of hydrogen-bond donors (Lipinski definition) is 2. The summed E-state index contributed by atoms with van der Waals surface area (Å²) in [5.41, 5.74) is -0.491. The van der Waals surface area contributed by atoms with Crippen LogP contribution < -0.4 is 10.6 Å². The molecule has 0 radical (unpaired) electrons. The molecule has 0 saturated heterocycles. The number of nitrogens with one attached hydrogen (secondary N) is 2. The molecule has 1 aromatic heterocycles. The number of rotatable bonds is 8. The van der Waals surface area contributed by atoms with E-state index in [2.05, 4.69) is 10.6 Å². The van der Waals surface area contributed by atoms with Gasteiger partial charge >= 0.3 is 5.97 Å². The first-order chi connectivity index (χ1) is 13.7. The summed E-state index contributed by atoms with van der Waals surface area (Å²) in [6.45, 7) is 2.66. The Hall–Kier alpha value is -3.40. The van der Waals surface area contributed by atoms with Crippen molar-refractivity contribution in [2.24, 2.45) is 5.92 Å². The van der Waals surface area contributed by atoms with Gasteiger partial charge in [0, 0.05) is 11.1 Å². The summed E-state index contributed by atoms with van der Waals surface area (Å²) in [4.78, 5) is 46.8. The molecule has 0 saturated carbocycles. The van der Waals surface area contributed by atoms with Gasteiger partial charge in [-0.3, -0.25) is 19.7 Å². The molecular formula is C18H18ClN3O7. The van der Waals surface area contributed by atoms with E-state index in [1.165, 1.54) is 30.5 Å². The molecule has 11 heteroatoms. The highest BCUT2D eigenvalue weighted by Crippen LogP contribution is 2.27. The van der Waals surface area contributed by atoms with E-state index >= 15 is 0 Å². The zero-order valence-electron chi connectivity index (χ0n) is 15.5. The molecule has 1 atom stereocenters. The molecule has 0 aliphatic heterocycles. The highest BCUT2D eigenvalue weighted by molar-refractivity contribution is 6.31. The van der Waals surface area contributed by atoms with Gasteiger partial charge in [-0.2, -0.15) is 0 Å². The normalized spacial score (nSPS) is 11.6. The second-order valence-electron chi connectivity index (χ2n) is 6.25. The Labute approximate surface area is 170 Å². The maximum Gasteiger partial charge on any atom is 0.329 e. The number of carbonyl (C=O) groups is 3. The molecule has 1 aromatic carbocycles. The van der Waals surface area contributed by atoms with E-state index in [-0.39, 0.29) is 28.1 Å². The van der Waals surface area contributed by atoms with E-state index in [9.17, 15) is 24.5 Å². The number of ether oxygens (including phenoxy) is 1. The van der Waals surface area contributed by atoms with Crippen molar-refractivity contribution in [2.75, 3.05) is 11.9 Å². The smallest absolute Gasteiger partial charge is 0.329 e. The number of anilines is 1. The van der Waals surface area contributed by atoms with Gasteiger partial charge in [-0.25, -0.2) is 4.79 Å². The quantitative estimate of drug-likeness (QED) is 0.377. The Bertz CT molecular complexity index is 912. The summed E-state index contributed by atoms with van der Waals surface area (Å²) in [5.74, 6) is -2.56. The fourth-order valence-corrected chi connectivity index (χ4v) is 2.47. The van der Waals surface area contributed by atoms with Crippen LogP contribution in [0.5, 0.6) is 0 Å². The molecular weight excluding hydrogens is 406 g/mol. The van der Waals surface area contributed by atoms with Crippen LogP contribution >= 0.6 is 11.6 Å². The summed E-state index contributed by atoms with van der Waals surface area (Å²) >= 11 is 5.79. The van der Waals surface area contributed by atoms with E-state index in [1.54, 1.807) is 13.8 Å². The molecule has 29 heavy (non-hydrogen) atoms. The van der Waals surface area contributed by atoms with E-state index in [1.807, 2.05) is 0 Å². The van der Waals surface area contributed by atoms with Gasteiger partial charge in [0.2, 0.25) is 0 Å². The lowest BCUT2D eigenvalue weighted by molar-refractivity contribution is -0.383. The largest absolute Gasteiger partial charge is 0.459 e. The number of benzene rings is 1. The Morgan fingerprint density at radius 2 is 2.00 bits per heavy atom. The van der Waals surface area contributed by atoms with Crippen molar-refractivity contribution in [3.8, 4) is 0 Å². The summed E-state index contributed by atoms with van der Waals surface area (Å²) in [5, 5.41) is 16.0. The van der Waals surface area contributed by atoms with Crippen LogP contribution in [0.1, 0.15) is 24.4 Å². The van der Waals surface area contributed by atoms with Gasteiger partial charge in [0.15, 0.2) is 12.4 Å². The predicted molar refractivity (Wildman–Crippen MR) is 102 cm³/mol. The highest BCUT2D eigenvalue weighted by atomic mass is 35.5. The molecule has 0 bridgehead atoms. The number of halogens is 1. The summed E-state index contributed by atoms with van der Waals surface area (Å²) in [7, 11) is 0. The number of nitro benzene ring substituents is 1. The third-order valence-corrected chi connectivity index (χ3v) is 3.96. The molecule has 2 rings (SSSR count). The molecule has 1 heterocycles. The van der Waals surface area contributed by atoms with Gasteiger partial charge in [0.25, 0.3) is 17.5 Å². The van der Waals surface area contributed by atoms with Crippen molar-refractivity contribution in [1.29, 1.82) is 0 Å². The Kier molecular flexibility index (Phi) is 7.32. The van der Waals surface area contributed by atoms with Gasteiger partial charge in [0.1, 0.15) is 11.7 Å². The van der Waals surface area contributed by atoms with E-state index in [0.29, 0.717) is 0 Å². The Morgan fingerprint density at radius 3 is 2.59 bits per heavy atom. The van der Waals surface area contributed by atoms with Crippen molar-refractivity contribution < 1.29 is 28.5 Å². The molecule has 0 unspecified atom stereocenters. The number of esters is 1. The topological polar surface area (TPSA) is 141 Å². The van der Waals surface area contributed by atoms with Crippen LogP contribution in [0.3, 0.4) is 0 Å². The molecule has 2 N–H and O–H groups in total. The van der Waals surface area contributed by atoms with Gasteiger partial charge in [0.05, 0.1) is 11.2 Å². The van der Waals surface area contributed by atoms with Gasteiger partial charge in [-0.05, 0) is 30.2 Å². The minimum Gasteiger partial charge on any atom is -0.459 e. The average molecular weight is 424 g/mol.